The first-order valence-corrected chi connectivity index (χ1v) is 11.0. The minimum Gasteiger partial charge on any atom is -0.341 e. The molecular weight excluding hydrogens is 390 g/mol. The zero-order chi connectivity index (χ0) is 21.8. The number of amides is 3. The van der Waals surface area contributed by atoms with Crippen molar-refractivity contribution in [1.29, 1.82) is 0 Å². The summed E-state index contributed by atoms with van der Waals surface area (Å²) < 4.78 is 0. The largest absolute Gasteiger partial charge is 0.341 e. The van der Waals surface area contributed by atoms with Crippen LogP contribution in [0.25, 0.3) is 0 Å². The van der Waals surface area contributed by atoms with Crippen molar-refractivity contribution in [3.63, 3.8) is 0 Å². The molecule has 31 heavy (non-hydrogen) atoms. The zero-order valence-corrected chi connectivity index (χ0v) is 18.0. The molecule has 3 amide bonds. The third-order valence-electron chi connectivity index (χ3n) is 6.25. The molecule has 2 heterocycles. The van der Waals surface area contributed by atoms with Crippen LogP contribution in [0.2, 0.25) is 0 Å². The van der Waals surface area contributed by atoms with E-state index in [2.05, 4.69) is 0 Å². The van der Waals surface area contributed by atoms with Crippen molar-refractivity contribution in [1.82, 2.24) is 14.7 Å². The van der Waals surface area contributed by atoms with Crippen LogP contribution < -0.4 is 0 Å². The van der Waals surface area contributed by atoms with Crippen LogP contribution in [0.1, 0.15) is 34.3 Å². The maximum Gasteiger partial charge on any atom is 0.254 e. The summed E-state index contributed by atoms with van der Waals surface area (Å²) in [6, 6.07) is 17.5. The van der Waals surface area contributed by atoms with Crippen molar-refractivity contribution in [3.8, 4) is 0 Å². The summed E-state index contributed by atoms with van der Waals surface area (Å²) >= 11 is 0. The zero-order valence-electron chi connectivity index (χ0n) is 18.0. The monoisotopic (exact) mass is 419 g/mol. The van der Waals surface area contributed by atoms with Gasteiger partial charge in [0.1, 0.15) is 0 Å². The Kier molecular flexibility index (Phi) is 6.35. The Bertz CT molecular complexity index is 959. The Balaban J connectivity index is 1.35. The number of benzene rings is 2. The molecule has 0 N–H and O–H groups in total. The Morgan fingerprint density at radius 3 is 2.35 bits per heavy atom. The van der Waals surface area contributed by atoms with E-state index in [0.29, 0.717) is 39.3 Å². The van der Waals surface area contributed by atoms with Crippen LogP contribution in [-0.2, 0) is 16.1 Å². The molecule has 4 rings (SSSR count). The summed E-state index contributed by atoms with van der Waals surface area (Å²) in [7, 11) is 0. The number of nitrogens with zero attached hydrogens (tertiary/aromatic N) is 3. The fraction of sp³-hybridized carbons (Fsp3) is 0.400. The van der Waals surface area contributed by atoms with E-state index in [-0.39, 0.29) is 30.1 Å². The lowest BCUT2D eigenvalue weighted by atomic mass is 10.1. The first-order valence-electron chi connectivity index (χ1n) is 11.0. The Morgan fingerprint density at radius 2 is 1.58 bits per heavy atom. The molecule has 0 spiro atoms. The van der Waals surface area contributed by atoms with Crippen molar-refractivity contribution >= 4 is 17.7 Å². The number of rotatable bonds is 4. The Morgan fingerprint density at radius 1 is 0.903 bits per heavy atom. The normalized spacial score (nSPS) is 19.5. The van der Waals surface area contributed by atoms with Gasteiger partial charge in [0.25, 0.3) is 5.91 Å². The minimum absolute atomic E-state index is 0.0254. The van der Waals surface area contributed by atoms with Crippen molar-refractivity contribution in [2.24, 2.45) is 5.92 Å². The Labute approximate surface area is 183 Å². The van der Waals surface area contributed by atoms with Crippen LogP contribution in [0.15, 0.2) is 54.6 Å². The second-order valence-corrected chi connectivity index (χ2v) is 8.45. The van der Waals surface area contributed by atoms with Gasteiger partial charge in [0.2, 0.25) is 11.8 Å². The quantitative estimate of drug-likeness (QED) is 0.766. The van der Waals surface area contributed by atoms with E-state index in [9.17, 15) is 14.4 Å². The highest BCUT2D eigenvalue weighted by Crippen LogP contribution is 2.23. The molecule has 2 aliphatic rings. The standard InChI is InChI=1S/C25H29N3O3/c1-19-8-5-6-11-22(19)25(31)27-13-7-12-26(14-15-27)24(30)21-16-23(29)28(18-21)17-20-9-3-2-4-10-20/h2-6,8-11,21H,7,12-18H2,1H3. The average Bonchev–Trinajstić information content (AvgIpc) is 2.99. The van der Waals surface area contributed by atoms with E-state index in [1.54, 1.807) is 4.90 Å². The first-order chi connectivity index (χ1) is 15.0. The summed E-state index contributed by atoms with van der Waals surface area (Å²) in [5.74, 6) is -0.199. The van der Waals surface area contributed by atoms with Gasteiger partial charge in [-0.25, -0.2) is 0 Å². The molecule has 0 aromatic heterocycles. The van der Waals surface area contributed by atoms with Gasteiger partial charge in [-0.1, -0.05) is 48.5 Å². The van der Waals surface area contributed by atoms with E-state index < -0.39 is 0 Å². The van der Waals surface area contributed by atoms with Crippen LogP contribution in [-0.4, -0.2) is 65.1 Å². The molecule has 0 radical (unpaired) electrons. The SMILES string of the molecule is Cc1ccccc1C(=O)N1CCCN(C(=O)C2CC(=O)N(Cc3ccccc3)C2)CC1. The molecule has 6 heteroatoms. The molecule has 0 aliphatic carbocycles. The van der Waals surface area contributed by atoms with Crippen molar-refractivity contribution in [3.05, 3.63) is 71.3 Å². The number of hydrogen-bond acceptors (Lipinski definition) is 3. The predicted octanol–water partition coefficient (Wildman–Crippen LogP) is 2.72. The fourth-order valence-electron chi connectivity index (χ4n) is 4.48. The smallest absolute Gasteiger partial charge is 0.254 e. The van der Waals surface area contributed by atoms with Gasteiger partial charge in [0.15, 0.2) is 0 Å². The number of aryl methyl sites for hydroxylation is 1. The van der Waals surface area contributed by atoms with Gasteiger partial charge in [-0.3, -0.25) is 14.4 Å². The third kappa shape index (κ3) is 4.79. The maximum absolute atomic E-state index is 13.1. The highest BCUT2D eigenvalue weighted by Gasteiger charge is 2.37. The second-order valence-electron chi connectivity index (χ2n) is 8.45. The number of carbonyl (C=O) groups is 3. The van der Waals surface area contributed by atoms with E-state index in [4.69, 9.17) is 0 Å². The summed E-state index contributed by atoms with van der Waals surface area (Å²) in [6.45, 7) is 5.25. The lowest BCUT2D eigenvalue weighted by Crippen LogP contribution is -2.40. The van der Waals surface area contributed by atoms with Crippen LogP contribution >= 0.6 is 0 Å². The highest BCUT2D eigenvalue weighted by atomic mass is 16.2. The van der Waals surface area contributed by atoms with Crippen LogP contribution in [0, 0.1) is 12.8 Å². The summed E-state index contributed by atoms with van der Waals surface area (Å²) in [4.78, 5) is 44.0. The molecule has 0 saturated carbocycles. The minimum atomic E-state index is -0.296. The molecule has 1 atom stereocenters. The van der Waals surface area contributed by atoms with Gasteiger partial charge in [-0.15, -0.1) is 0 Å². The molecule has 6 nitrogen and oxygen atoms in total. The molecule has 0 bridgehead atoms. The van der Waals surface area contributed by atoms with Crippen molar-refractivity contribution < 1.29 is 14.4 Å². The van der Waals surface area contributed by atoms with Crippen molar-refractivity contribution in [2.75, 3.05) is 32.7 Å². The molecule has 162 valence electrons. The number of carbonyl (C=O) groups excluding carboxylic acids is 3. The van der Waals surface area contributed by atoms with Gasteiger partial charge >= 0.3 is 0 Å². The van der Waals surface area contributed by atoms with Gasteiger partial charge < -0.3 is 14.7 Å². The molecule has 2 fully saturated rings. The highest BCUT2D eigenvalue weighted by molar-refractivity contribution is 5.95. The first kappa shape index (κ1) is 21.1. The average molecular weight is 420 g/mol. The fourth-order valence-corrected chi connectivity index (χ4v) is 4.48. The third-order valence-corrected chi connectivity index (χ3v) is 6.25. The molecule has 1 unspecified atom stereocenters. The van der Waals surface area contributed by atoms with E-state index in [1.165, 1.54) is 0 Å². The lowest BCUT2D eigenvalue weighted by molar-refractivity contribution is -0.135. The topological polar surface area (TPSA) is 60.9 Å². The second kappa shape index (κ2) is 9.33. The van der Waals surface area contributed by atoms with Gasteiger partial charge in [-0.05, 0) is 30.5 Å². The van der Waals surface area contributed by atoms with Crippen molar-refractivity contribution in [2.45, 2.75) is 26.3 Å². The maximum atomic E-state index is 13.1. The molecule has 2 saturated heterocycles. The lowest BCUT2D eigenvalue weighted by Gasteiger charge is -2.25. The van der Waals surface area contributed by atoms with Gasteiger partial charge in [0, 0.05) is 51.3 Å². The number of hydrogen-bond donors (Lipinski definition) is 0. The van der Waals surface area contributed by atoms with Crippen LogP contribution in [0.5, 0.6) is 0 Å². The summed E-state index contributed by atoms with van der Waals surface area (Å²) in [6.07, 6.45) is 1.02. The predicted molar refractivity (Wildman–Crippen MR) is 118 cm³/mol. The summed E-state index contributed by atoms with van der Waals surface area (Å²) in [5.41, 5.74) is 2.76. The Hall–Kier alpha value is -3.15. The van der Waals surface area contributed by atoms with Crippen LogP contribution in [0.4, 0.5) is 0 Å². The summed E-state index contributed by atoms with van der Waals surface area (Å²) in [5, 5.41) is 0. The molecular formula is C25H29N3O3. The van der Waals surface area contributed by atoms with E-state index >= 15 is 0 Å². The van der Waals surface area contributed by atoms with E-state index in [1.807, 2.05) is 71.3 Å². The van der Waals surface area contributed by atoms with Crippen LogP contribution in [0.3, 0.4) is 0 Å². The molecule has 2 aliphatic heterocycles. The van der Waals surface area contributed by atoms with Gasteiger partial charge in [-0.2, -0.15) is 0 Å². The van der Waals surface area contributed by atoms with E-state index in [0.717, 1.165) is 23.1 Å². The van der Waals surface area contributed by atoms with Gasteiger partial charge in [0.05, 0.1) is 5.92 Å². The number of likely N-dealkylation sites (tertiary alicyclic amines) is 1. The molecule has 2 aromatic rings. The molecule has 2 aromatic carbocycles.